The SMILES string of the molecule is O=S(=O)(O)c1ccc(-c2nc3ccc(Cl)cc3[nH]2)cc1. The van der Waals surface area contributed by atoms with Crippen LogP contribution in [0.25, 0.3) is 22.4 Å². The summed E-state index contributed by atoms with van der Waals surface area (Å²) >= 11 is 5.90. The first-order valence-electron chi connectivity index (χ1n) is 5.67. The largest absolute Gasteiger partial charge is 0.338 e. The second kappa shape index (κ2) is 4.59. The Balaban J connectivity index is 2.07. The van der Waals surface area contributed by atoms with E-state index in [-0.39, 0.29) is 4.90 Å². The average molecular weight is 309 g/mol. The Kier molecular flexibility index (Phi) is 3.01. The number of benzene rings is 2. The van der Waals surface area contributed by atoms with Crippen LogP contribution in [0.3, 0.4) is 0 Å². The Labute approximate surface area is 120 Å². The van der Waals surface area contributed by atoms with E-state index in [1.165, 1.54) is 12.1 Å². The zero-order valence-electron chi connectivity index (χ0n) is 10.0. The van der Waals surface area contributed by atoms with E-state index in [0.717, 1.165) is 11.0 Å². The van der Waals surface area contributed by atoms with Gasteiger partial charge in [-0.1, -0.05) is 11.6 Å². The molecule has 0 aliphatic heterocycles. The maximum absolute atomic E-state index is 11.0. The summed E-state index contributed by atoms with van der Waals surface area (Å²) in [5.74, 6) is 0.601. The van der Waals surface area contributed by atoms with Crippen molar-refractivity contribution in [2.24, 2.45) is 0 Å². The molecule has 5 nitrogen and oxygen atoms in total. The van der Waals surface area contributed by atoms with E-state index in [9.17, 15) is 8.42 Å². The second-order valence-electron chi connectivity index (χ2n) is 4.25. The van der Waals surface area contributed by atoms with Crippen LogP contribution in [0.2, 0.25) is 5.02 Å². The number of H-pyrrole nitrogens is 1. The van der Waals surface area contributed by atoms with E-state index in [1.807, 2.05) is 0 Å². The Hall–Kier alpha value is -1.89. The number of nitrogens with one attached hydrogen (secondary N) is 1. The molecule has 3 aromatic rings. The zero-order valence-corrected chi connectivity index (χ0v) is 11.6. The van der Waals surface area contributed by atoms with E-state index in [1.54, 1.807) is 30.3 Å². The van der Waals surface area contributed by atoms with Gasteiger partial charge in [-0.3, -0.25) is 4.55 Å². The van der Waals surface area contributed by atoms with Crippen molar-refractivity contribution in [2.45, 2.75) is 4.90 Å². The lowest BCUT2D eigenvalue weighted by Crippen LogP contribution is -1.97. The zero-order chi connectivity index (χ0) is 14.3. The first kappa shape index (κ1) is 13.1. The predicted octanol–water partition coefficient (Wildman–Crippen LogP) is 3.13. The molecule has 0 unspecified atom stereocenters. The highest BCUT2D eigenvalue weighted by Crippen LogP contribution is 2.23. The van der Waals surface area contributed by atoms with Crippen molar-refractivity contribution in [3.63, 3.8) is 0 Å². The fourth-order valence-corrected chi connectivity index (χ4v) is 2.56. The van der Waals surface area contributed by atoms with Crippen LogP contribution in [0.5, 0.6) is 0 Å². The quantitative estimate of drug-likeness (QED) is 0.712. The molecule has 102 valence electrons. The van der Waals surface area contributed by atoms with Crippen molar-refractivity contribution in [1.82, 2.24) is 9.97 Å². The second-order valence-corrected chi connectivity index (χ2v) is 6.10. The number of fused-ring (bicyclic) bond motifs is 1. The van der Waals surface area contributed by atoms with Gasteiger partial charge in [0.25, 0.3) is 10.1 Å². The minimum Gasteiger partial charge on any atom is -0.338 e. The molecule has 2 aromatic carbocycles. The molecule has 7 heteroatoms. The van der Waals surface area contributed by atoms with Crippen molar-refractivity contribution >= 4 is 32.8 Å². The van der Waals surface area contributed by atoms with Crippen LogP contribution in [0.1, 0.15) is 0 Å². The van der Waals surface area contributed by atoms with E-state index >= 15 is 0 Å². The topological polar surface area (TPSA) is 83.1 Å². The van der Waals surface area contributed by atoms with Crippen LogP contribution < -0.4 is 0 Å². The number of aromatic amines is 1. The highest BCUT2D eigenvalue weighted by atomic mass is 35.5. The van der Waals surface area contributed by atoms with Gasteiger partial charge in [-0.2, -0.15) is 8.42 Å². The summed E-state index contributed by atoms with van der Waals surface area (Å²) in [7, 11) is -4.18. The lowest BCUT2D eigenvalue weighted by atomic mass is 10.2. The standard InChI is InChI=1S/C13H9ClN2O3S/c14-9-3-6-11-12(7-9)16-13(15-11)8-1-4-10(5-2-8)20(17,18)19/h1-7H,(H,15,16)(H,17,18,19). The molecule has 0 atom stereocenters. The Morgan fingerprint density at radius 1 is 1.10 bits per heavy atom. The number of nitrogens with zero attached hydrogens (tertiary/aromatic N) is 1. The molecular formula is C13H9ClN2O3S. The van der Waals surface area contributed by atoms with Crippen molar-refractivity contribution in [2.75, 3.05) is 0 Å². The van der Waals surface area contributed by atoms with E-state index in [2.05, 4.69) is 9.97 Å². The number of imidazole rings is 1. The molecule has 1 heterocycles. The van der Waals surface area contributed by atoms with Crippen LogP contribution in [-0.2, 0) is 10.1 Å². The Morgan fingerprint density at radius 3 is 2.45 bits per heavy atom. The average Bonchev–Trinajstić information content (AvgIpc) is 2.80. The summed E-state index contributed by atoms with van der Waals surface area (Å²) in [5.41, 5.74) is 2.28. The number of halogens is 1. The van der Waals surface area contributed by atoms with Gasteiger partial charge in [0.1, 0.15) is 5.82 Å². The number of hydrogen-bond donors (Lipinski definition) is 2. The van der Waals surface area contributed by atoms with Gasteiger partial charge < -0.3 is 4.98 Å². The van der Waals surface area contributed by atoms with E-state index < -0.39 is 10.1 Å². The number of hydrogen-bond acceptors (Lipinski definition) is 3. The normalized spacial score (nSPS) is 11.9. The molecule has 0 spiro atoms. The molecule has 0 bridgehead atoms. The van der Waals surface area contributed by atoms with Gasteiger partial charge in [-0.25, -0.2) is 4.98 Å². The molecule has 0 aliphatic carbocycles. The van der Waals surface area contributed by atoms with Gasteiger partial charge in [-0.15, -0.1) is 0 Å². The van der Waals surface area contributed by atoms with Crippen molar-refractivity contribution < 1.29 is 13.0 Å². The summed E-state index contributed by atoms with van der Waals surface area (Å²) in [6, 6.07) is 11.1. The molecule has 20 heavy (non-hydrogen) atoms. The minimum absolute atomic E-state index is 0.152. The third kappa shape index (κ3) is 2.40. The lowest BCUT2D eigenvalue weighted by molar-refractivity contribution is 0.483. The molecule has 0 radical (unpaired) electrons. The molecule has 0 amide bonds. The Morgan fingerprint density at radius 2 is 1.80 bits per heavy atom. The monoisotopic (exact) mass is 308 g/mol. The van der Waals surface area contributed by atoms with Gasteiger partial charge in [0.15, 0.2) is 0 Å². The van der Waals surface area contributed by atoms with Gasteiger partial charge in [0.05, 0.1) is 15.9 Å². The maximum Gasteiger partial charge on any atom is 0.294 e. The third-order valence-electron chi connectivity index (χ3n) is 2.87. The first-order chi connectivity index (χ1) is 9.43. The summed E-state index contributed by atoms with van der Waals surface area (Å²) in [4.78, 5) is 7.34. The molecule has 0 saturated heterocycles. The lowest BCUT2D eigenvalue weighted by Gasteiger charge is -1.99. The smallest absolute Gasteiger partial charge is 0.294 e. The molecule has 0 aliphatic rings. The number of rotatable bonds is 2. The molecule has 1 aromatic heterocycles. The first-order valence-corrected chi connectivity index (χ1v) is 7.48. The third-order valence-corrected chi connectivity index (χ3v) is 3.97. The molecular weight excluding hydrogens is 300 g/mol. The molecule has 0 fully saturated rings. The molecule has 0 saturated carbocycles. The van der Waals surface area contributed by atoms with Crippen molar-refractivity contribution in [3.05, 3.63) is 47.5 Å². The van der Waals surface area contributed by atoms with Crippen LogP contribution in [0, 0.1) is 0 Å². The minimum atomic E-state index is -4.18. The highest BCUT2D eigenvalue weighted by molar-refractivity contribution is 7.85. The maximum atomic E-state index is 11.0. The van der Waals surface area contributed by atoms with Crippen LogP contribution in [0.15, 0.2) is 47.4 Å². The Bertz CT molecular complexity index is 886. The fourth-order valence-electron chi connectivity index (χ4n) is 1.90. The van der Waals surface area contributed by atoms with Gasteiger partial charge in [0.2, 0.25) is 0 Å². The van der Waals surface area contributed by atoms with Crippen LogP contribution >= 0.6 is 11.6 Å². The number of aromatic nitrogens is 2. The predicted molar refractivity (Wildman–Crippen MR) is 76.4 cm³/mol. The van der Waals surface area contributed by atoms with E-state index in [0.29, 0.717) is 16.4 Å². The fraction of sp³-hybridized carbons (Fsp3) is 0. The van der Waals surface area contributed by atoms with Crippen LogP contribution in [0.4, 0.5) is 0 Å². The van der Waals surface area contributed by atoms with E-state index in [4.69, 9.17) is 16.2 Å². The summed E-state index contributed by atoms with van der Waals surface area (Å²) in [5, 5.41) is 0.606. The van der Waals surface area contributed by atoms with Crippen LogP contribution in [-0.4, -0.2) is 22.9 Å². The summed E-state index contributed by atoms with van der Waals surface area (Å²) in [6.07, 6.45) is 0. The molecule has 2 N–H and O–H groups in total. The highest BCUT2D eigenvalue weighted by Gasteiger charge is 2.10. The summed E-state index contributed by atoms with van der Waals surface area (Å²) < 4.78 is 30.9. The van der Waals surface area contributed by atoms with Gasteiger partial charge in [-0.05, 0) is 42.5 Å². The summed E-state index contributed by atoms with van der Waals surface area (Å²) in [6.45, 7) is 0. The van der Waals surface area contributed by atoms with Gasteiger partial charge >= 0.3 is 0 Å². The van der Waals surface area contributed by atoms with Crippen molar-refractivity contribution in [3.8, 4) is 11.4 Å². The van der Waals surface area contributed by atoms with Gasteiger partial charge in [0, 0.05) is 10.6 Å². The van der Waals surface area contributed by atoms with Crippen molar-refractivity contribution in [1.29, 1.82) is 0 Å². The molecule has 3 rings (SSSR count).